The van der Waals surface area contributed by atoms with Crippen molar-refractivity contribution in [1.29, 1.82) is 0 Å². The Morgan fingerprint density at radius 1 is 1.40 bits per heavy atom. The molecule has 0 aromatic carbocycles. The van der Waals surface area contributed by atoms with Crippen LogP contribution in [0.3, 0.4) is 0 Å². The predicted octanol–water partition coefficient (Wildman–Crippen LogP) is 1.65. The van der Waals surface area contributed by atoms with E-state index >= 15 is 0 Å². The van der Waals surface area contributed by atoms with E-state index < -0.39 is 20.0 Å². The maximum atomic E-state index is 11.5. The highest BCUT2D eigenvalue weighted by atomic mass is 35.5. The van der Waals surface area contributed by atoms with E-state index in [4.69, 9.17) is 16.0 Å². The molecule has 0 amide bonds. The highest BCUT2D eigenvalue weighted by Gasteiger charge is 2.38. The van der Waals surface area contributed by atoms with Crippen LogP contribution in [-0.4, -0.2) is 24.9 Å². The Bertz CT molecular complexity index is 450. The van der Waals surface area contributed by atoms with E-state index in [1.165, 1.54) is 13.8 Å². The van der Waals surface area contributed by atoms with Gasteiger partial charge >= 0.3 is 0 Å². The first-order chi connectivity index (χ1) is 6.66. The molecule has 0 saturated carbocycles. The summed E-state index contributed by atoms with van der Waals surface area (Å²) in [5.41, 5.74) is 0. The Hall–Kier alpha value is -0.620. The van der Waals surface area contributed by atoms with Crippen LogP contribution in [0.5, 0.6) is 0 Å². The zero-order valence-electron chi connectivity index (χ0n) is 8.98. The van der Waals surface area contributed by atoms with Crippen LogP contribution in [0.15, 0.2) is 4.42 Å². The van der Waals surface area contributed by atoms with Crippen molar-refractivity contribution in [3.05, 3.63) is 11.8 Å². The molecule has 0 aliphatic carbocycles. The molecule has 0 saturated heterocycles. The van der Waals surface area contributed by atoms with Gasteiger partial charge in [0.2, 0.25) is 11.8 Å². The molecule has 0 aliphatic heterocycles. The van der Waals surface area contributed by atoms with Crippen molar-refractivity contribution in [2.24, 2.45) is 0 Å². The number of hydrogen-bond acceptors (Lipinski definition) is 5. The zero-order valence-corrected chi connectivity index (χ0v) is 10.6. The summed E-state index contributed by atoms with van der Waals surface area (Å²) in [5.74, 6) is 0.288. The number of nitrogens with zero attached hydrogens (tertiary/aromatic N) is 2. The summed E-state index contributed by atoms with van der Waals surface area (Å²) in [6, 6.07) is 0. The van der Waals surface area contributed by atoms with E-state index in [-0.39, 0.29) is 11.8 Å². The molecule has 1 heterocycles. The first-order valence-electron chi connectivity index (χ1n) is 4.34. The van der Waals surface area contributed by atoms with Crippen molar-refractivity contribution in [2.75, 3.05) is 6.26 Å². The fraction of sp³-hybridized carbons (Fsp3) is 0.750. The molecule has 86 valence electrons. The summed E-state index contributed by atoms with van der Waals surface area (Å²) >= 11 is 5.74. The largest absolute Gasteiger partial charge is 0.422 e. The van der Waals surface area contributed by atoms with Crippen molar-refractivity contribution in [3.8, 4) is 0 Å². The van der Waals surface area contributed by atoms with Crippen LogP contribution in [0.2, 0.25) is 0 Å². The topological polar surface area (TPSA) is 73.1 Å². The molecule has 15 heavy (non-hydrogen) atoms. The van der Waals surface area contributed by atoms with Crippen LogP contribution in [0.4, 0.5) is 0 Å². The first kappa shape index (κ1) is 12.4. The standard InChI is InChI=1S/C8H13ClN2O3S/c1-5(9)6-10-11-7(14-6)8(2,3)15(4,12)13/h5H,1-4H3. The fourth-order valence-electron chi connectivity index (χ4n) is 0.797. The first-order valence-corrected chi connectivity index (χ1v) is 6.66. The Morgan fingerprint density at radius 3 is 2.27 bits per heavy atom. The summed E-state index contributed by atoms with van der Waals surface area (Å²) in [6.45, 7) is 4.70. The van der Waals surface area contributed by atoms with Gasteiger partial charge in [0.15, 0.2) is 9.84 Å². The Labute approximate surface area is 93.8 Å². The summed E-state index contributed by atoms with van der Waals surface area (Å²) in [4.78, 5) is 0. The molecule has 1 rings (SSSR count). The number of halogens is 1. The lowest BCUT2D eigenvalue weighted by molar-refractivity contribution is 0.406. The lowest BCUT2D eigenvalue weighted by Crippen LogP contribution is -2.28. The Kier molecular flexibility index (Phi) is 3.11. The lowest BCUT2D eigenvalue weighted by Gasteiger charge is -2.16. The van der Waals surface area contributed by atoms with E-state index in [1.54, 1.807) is 6.92 Å². The minimum Gasteiger partial charge on any atom is -0.422 e. The third-order valence-electron chi connectivity index (χ3n) is 2.22. The molecule has 1 aromatic heterocycles. The molecule has 0 fully saturated rings. The molecule has 0 aliphatic rings. The molecule has 7 heteroatoms. The normalized spacial score (nSPS) is 15.3. The van der Waals surface area contributed by atoms with Crippen molar-refractivity contribution in [1.82, 2.24) is 10.2 Å². The number of rotatable bonds is 3. The molecule has 1 aromatic rings. The van der Waals surface area contributed by atoms with E-state index in [2.05, 4.69) is 10.2 Å². The summed E-state index contributed by atoms with van der Waals surface area (Å²) in [5, 5.41) is 6.95. The van der Waals surface area contributed by atoms with Gasteiger partial charge in [-0.15, -0.1) is 21.8 Å². The Balaban J connectivity index is 3.17. The smallest absolute Gasteiger partial charge is 0.237 e. The maximum absolute atomic E-state index is 11.5. The van der Waals surface area contributed by atoms with Gasteiger partial charge in [-0.25, -0.2) is 8.42 Å². The number of aromatic nitrogens is 2. The third-order valence-corrected chi connectivity index (χ3v) is 4.44. The Morgan fingerprint density at radius 2 is 1.93 bits per heavy atom. The van der Waals surface area contributed by atoms with Gasteiger partial charge in [-0.1, -0.05) is 0 Å². The van der Waals surface area contributed by atoms with Gasteiger partial charge < -0.3 is 4.42 Å². The van der Waals surface area contributed by atoms with Gasteiger partial charge in [-0.2, -0.15) is 0 Å². The van der Waals surface area contributed by atoms with Crippen molar-refractivity contribution >= 4 is 21.4 Å². The van der Waals surface area contributed by atoms with Crippen LogP contribution in [0.25, 0.3) is 0 Å². The fourth-order valence-corrected chi connectivity index (χ4v) is 1.29. The van der Waals surface area contributed by atoms with E-state index in [9.17, 15) is 8.42 Å². The van der Waals surface area contributed by atoms with Gasteiger partial charge in [0.1, 0.15) is 10.1 Å². The SMILES string of the molecule is CC(Cl)c1nnc(C(C)(C)S(C)(=O)=O)o1. The predicted molar refractivity (Wildman–Crippen MR) is 56.4 cm³/mol. The van der Waals surface area contributed by atoms with Crippen LogP contribution < -0.4 is 0 Å². The van der Waals surface area contributed by atoms with Crippen molar-refractivity contribution < 1.29 is 12.8 Å². The van der Waals surface area contributed by atoms with Crippen molar-refractivity contribution in [3.63, 3.8) is 0 Å². The van der Waals surface area contributed by atoms with Crippen LogP contribution in [0, 0.1) is 0 Å². The molecule has 0 radical (unpaired) electrons. The second-order valence-electron chi connectivity index (χ2n) is 3.84. The molecule has 0 bridgehead atoms. The molecule has 5 nitrogen and oxygen atoms in total. The van der Waals surface area contributed by atoms with Crippen molar-refractivity contribution in [2.45, 2.75) is 30.9 Å². The zero-order chi connectivity index (χ0) is 11.9. The number of alkyl halides is 1. The van der Waals surface area contributed by atoms with Crippen LogP contribution in [0.1, 0.15) is 37.9 Å². The van der Waals surface area contributed by atoms with Gasteiger partial charge in [0.05, 0.1) is 0 Å². The molecule has 0 spiro atoms. The highest BCUT2D eigenvalue weighted by Crippen LogP contribution is 2.29. The molecule has 1 unspecified atom stereocenters. The van der Waals surface area contributed by atoms with Crippen LogP contribution in [-0.2, 0) is 14.6 Å². The average molecular weight is 253 g/mol. The van der Waals surface area contributed by atoms with Gasteiger partial charge in [-0.3, -0.25) is 0 Å². The second kappa shape index (κ2) is 3.75. The molecular formula is C8H13ClN2O3S. The summed E-state index contributed by atoms with van der Waals surface area (Å²) < 4.78 is 27.0. The third kappa shape index (κ3) is 2.31. The second-order valence-corrected chi connectivity index (χ2v) is 7.06. The minimum atomic E-state index is -3.31. The quantitative estimate of drug-likeness (QED) is 0.765. The molecule has 1 atom stereocenters. The van der Waals surface area contributed by atoms with Gasteiger partial charge in [0, 0.05) is 6.26 Å². The molecule has 0 N–H and O–H groups in total. The van der Waals surface area contributed by atoms with E-state index in [0.717, 1.165) is 6.26 Å². The van der Waals surface area contributed by atoms with Gasteiger partial charge in [0.25, 0.3) is 0 Å². The van der Waals surface area contributed by atoms with E-state index in [1.807, 2.05) is 0 Å². The number of hydrogen-bond donors (Lipinski definition) is 0. The monoisotopic (exact) mass is 252 g/mol. The van der Waals surface area contributed by atoms with E-state index in [0.29, 0.717) is 0 Å². The minimum absolute atomic E-state index is 0.0625. The molecular weight excluding hydrogens is 240 g/mol. The lowest BCUT2D eigenvalue weighted by atomic mass is 10.2. The summed E-state index contributed by atoms with van der Waals surface area (Å²) in [7, 11) is -3.31. The average Bonchev–Trinajstić information content (AvgIpc) is 2.49. The highest BCUT2D eigenvalue weighted by molar-refractivity contribution is 7.91. The maximum Gasteiger partial charge on any atom is 0.237 e. The van der Waals surface area contributed by atoms with Crippen LogP contribution >= 0.6 is 11.6 Å². The number of sulfone groups is 1. The summed E-state index contributed by atoms with van der Waals surface area (Å²) in [6.07, 6.45) is 1.13. The van der Waals surface area contributed by atoms with Gasteiger partial charge in [-0.05, 0) is 20.8 Å².